The SMILES string of the molecule is CN(C)c1c(C=O)cccc1-c1ccnc(C(=O)N(O)Cc2ccccc2)c1. The Labute approximate surface area is 163 Å². The van der Waals surface area contributed by atoms with Gasteiger partial charge < -0.3 is 4.90 Å². The van der Waals surface area contributed by atoms with Gasteiger partial charge in [-0.3, -0.25) is 19.8 Å². The minimum Gasteiger partial charge on any atom is -0.377 e. The third-order valence-corrected chi connectivity index (χ3v) is 4.34. The predicted octanol–water partition coefficient (Wildman–Crippen LogP) is 3.66. The van der Waals surface area contributed by atoms with E-state index in [0.29, 0.717) is 10.6 Å². The average molecular weight is 375 g/mol. The van der Waals surface area contributed by atoms with Crippen molar-refractivity contribution in [2.75, 3.05) is 19.0 Å². The van der Waals surface area contributed by atoms with Gasteiger partial charge in [0.05, 0.1) is 12.2 Å². The number of hydroxylamine groups is 2. The van der Waals surface area contributed by atoms with Crippen LogP contribution in [0.25, 0.3) is 11.1 Å². The number of aromatic nitrogens is 1. The first-order chi connectivity index (χ1) is 13.5. The number of amides is 1. The third kappa shape index (κ3) is 4.07. The zero-order valence-corrected chi connectivity index (χ0v) is 15.7. The number of hydrogen-bond donors (Lipinski definition) is 1. The second kappa shape index (κ2) is 8.45. The molecule has 1 heterocycles. The summed E-state index contributed by atoms with van der Waals surface area (Å²) >= 11 is 0. The van der Waals surface area contributed by atoms with Gasteiger partial charge in [-0.2, -0.15) is 0 Å². The molecule has 0 saturated carbocycles. The minimum atomic E-state index is -0.594. The van der Waals surface area contributed by atoms with Gasteiger partial charge in [0.25, 0.3) is 5.91 Å². The van der Waals surface area contributed by atoms with E-state index in [-0.39, 0.29) is 12.2 Å². The summed E-state index contributed by atoms with van der Waals surface area (Å²) in [5, 5.41) is 10.8. The van der Waals surface area contributed by atoms with Crippen molar-refractivity contribution in [1.29, 1.82) is 0 Å². The van der Waals surface area contributed by atoms with Crippen LogP contribution in [0.3, 0.4) is 0 Å². The van der Waals surface area contributed by atoms with Crippen LogP contribution in [0.4, 0.5) is 5.69 Å². The van der Waals surface area contributed by atoms with E-state index >= 15 is 0 Å². The van der Waals surface area contributed by atoms with E-state index in [4.69, 9.17) is 0 Å². The molecule has 0 fully saturated rings. The lowest BCUT2D eigenvalue weighted by Gasteiger charge is -2.20. The van der Waals surface area contributed by atoms with E-state index in [9.17, 15) is 14.8 Å². The fraction of sp³-hybridized carbons (Fsp3) is 0.136. The Kier molecular flexibility index (Phi) is 5.81. The molecule has 0 spiro atoms. The topological polar surface area (TPSA) is 73.7 Å². The van der Waals surface area contributed by atoms with Crippen LogP contribution in [0.1, 0.15) is 26.4 Å². The molecule has 0 atom stereocenters. The van der Waals surface area contributed by atoms with Crippen LogP contribution in [0.5, 0.6) is 0 Å². The summed E-state index contributed by atoms with van der Waals surface area (Å²) < 4.78 is 0. The predicted molar refractivity (Wildman–Crippen MR) is 107 cm³/mol. The van der Waals surface area contributed by atoms with Crippen molar-refractivity contribution >= 4 is 17.9 Å². The summed E-state index contributed by atoms with van der Waals surface area (Å²) in [7, 11) is 3.71. The molecule has 0 bridgehead atoms. The Hall–Kier alpha value is -3.51. The Morgan fingerprint density at radius 2 is 1.82 bits per heavy atom. The van der Waals surface area contributed by atoms with E-state index in [0.717, 1.165) is 28.7 Å². The average Bonchev–Trinajstić information content (AvgIpc) is 2.73. The summed E-state index contributed by atoms with van der Waals surface area (Å²) in [6, 6.07) is 18.0. The van der Waals surface area contributed by atoms with Crippen LogP contribution in [0, 0.1) is 0 Å². The van der Waals surface area contributed by atoms with Gasteiger partial charge in [0.2, 0.25) is 0 Å². The number of pyridine rings is 1. The van der Waals surface area contributed by atoms with Gasteiger partial charge in [0, 0.05) is 31.4 Å². The molecule has 142 valence electrons. The quantitative estimate of drug-likeness (QED) is 0.404. The molecule has 0 aliphatic heterocycles. The standard InChI is InChI=1S/C22H21N3O3/c1-24(2)21-18(15-26)9-6-10-19(21)17-11-12-23-20(13-17)22(27)25(28)14-16-7-4-3-5-8-16/h3-13,15,28H,14H2,1-2H3. The molecular weight excluding hydrogens is 354 g/mol. The number of carbonyl (C=O) groups excluding carboxylic acids is 2. The second-order valence-electron chi connectivity index (χ2n) is 6.53. The first-order valence-corrected chi connectivity index (χ1v) is 8.78. The molecule has 0 aliphatic carbocycles. The largest absolute Gasteiger partial charge is 0.377 e. The Morgan fingerprint density at radius 1 is 1.07 bits per heavy atom. The minimum absolute atomic E-state index is 0.0646. The van der Waals surface area contributed by atoms with E-state index in [1.54, 1.807) is 24.3 Å². The maximum atomic E-state index is 12.6. The summed E-state index contributed by atoms with van der Waals surface area (Å²) in [5.74, 6) is -0.594. The maximum Gasteiger partial charge on any atom is 0.296 e. The lowest BCUT2D eigenvalue weighted by molar-refractivity contribution is -0.0652. The molecule has 6 heteroatoms. The van der Waals surface area contributed by atoms with Crippen molar-refractivity contribution < 1.29 is 14.8 Å². The molecule has 3 rings (SSSR count). The molecule has 1 aromatic heterocycles. The molecule has 28 heavy (non-hydrogen) atoms. The first kappa shape index (κ1) is 19.3. The van der Waals surface area contributed by atoms with Crippen molar-refractivity contribution in [1.82, 2.24) is 10.0 Å². The Balaban J connectivity index is 1.93. The number of nitrogens with zero attached hydrogens (tertiary/aromatic N) is 3. The number of benzene rings is 2. The van der Waals surface area contributed by atoms with Gasteiger partial charge in [0.1, 0.15) is 5.69 Å². The van der Waals surface area contributed by atoms with Crippen LogP contribution in [-0.2, 0) is 6.54 Å². The van der Waals surface area contributed by atoms with Crippen LogP contribution in [-0.4, -0.2) is 41.5 Å². The second-order valence-corrected chi connectivity index (χ2v) is 6.53. The Bertz CT molecular complexity index is 987. The summed E-state index contributed by atoms with van der Waals surface area (Å²) in [6.45, 7) is 0.0646. The maximum absolute atomic E-state index is 12.6. The fourth-order valence-corrected chi connectivity index (χ4v) is 3.06. The number of carbonyl (C=O) groups is 2. The van der Waals surface area contributed by atoms with Gasteiger partial charge in [-0.1, -0.05) is 42.5 Å². The van der Waals surface area contributed by atoms with Gasteiger partial charge in [-0.15, -0.1) is 0 Å². The first-order valence-electron chi connectivity index (χ1n) is 8.78. The molecule has 0 aliphatic rings. The van der Waals surface area contributed by atoms with E-state index in [1.807, 2.05) is 55.4 Å². The van der Waals surface area contributed by atoms with Gasteiger partial charge >= 0.3 is 0 Å². The smallest absolute Gasteiger partial charge is 0.296 e. The summed E-state index contributed by atoms with van der Waals surface area (Å²) in [5.41, 5.74) is 3.78. The fourth-order valence-electron chi connectivity index (χ4n) is 3.06. The molecule has 0 radical (unpaired) electrons. The van der Waals surface area contributed by atoms with Crippen LogP contribution in [0.15, 0.2) is 66.9 Å². The van der Waals surface area contributed by atoms with Crippen molar-refractivity contribution in [3.05, 3.63) is 83.7 Å². The van der Waals surface area contributed by atoms with Gasteiger partial charge in [-0.25, -0.2) is 5.06 Å². The summed E-state index contributed by atoms with van der Waals surface area (Å²) in [6.07, 6.45) is 2.33. The highest BCUT2D eigenvalue weighted by Crippen LogP contribution is 2.32. The zero-order chi connectivity index (χ0) is 20.1. The van der Waals surface area contributed by atoms with Crippen molar-refractivity contribution in [2.24, 2.45) is 0 Å². The van der Waals surface area contributed by atoms with Gasteiger partial charge in [0.15, 0.2) is 6.29 Å². The number of para-hydroxylation sites is 1. The van der Waals surface area contributed by atoms with Crippen LogP contribution < -0.4 is 4.90 Å². The van der Waals surface area contributed by atoms with E-state index in [2.05, 4.69) is 4.98 Å². The van der Waals surface area contributed by atoms with Crippen molar-refractivity contribution in [3.63, 3.8) is 0 Å². The highest BCUT2D eigenvalue weighted by molar-refractivity contribution is 5.96. The zero-order valence-electron chi connectivity index (χ0n) is 15.7. The third-order valence-electron chi connectivity index (χ3n) is 4.34. The van der Waals surface area contributed by atoms with Crippen LogP contribution >= 0.6 is 0 Å². The highest BCUT2D eigenvalue weighted by atomic mass is 16.5. The molecule has 0 saturated heterocycles. The van der Waals surface area contributed by atoms with Gasteiger partial charge in [-0.05, 0) is 29.3 Å². The molecule has 6 nitrogen and oxygen atoms in total. The van der Waals surface area contributed by atoms with Crippen molar-refractivity contribution in [2.45, 2.75) is 6.54 Å². The Morgan fingerprint density at radius 3 is 2.50 bits per heavy atom. The van der Waals surface area contributed by atoms with Crippen LogP contribution in [0.2, 0.25) is 0 Å². The molecule has 2 aromatic carbocycles. The number of hydrogen-bond acceptors (Lipinski definition) is 5. The monoisotopic (exact) mass is 375 g/mol. The molecule has 3 aromatic rings. The normalized spacial score (nSPS) is 10.4. The molecule has 0 unspecified atom stereocenters. The molecule has 1 N–H and O–H groups in total. The number of rotatable bonds is 6. The molecule has 1 amide bonds. The van der Waals surface area contributed by atoms with E-state index < -0.39 is 5.91 Å². The lowest BCUT2D eigenvalue weighted by atomic mass is 10.00. The number of anilines is 1. The highest BCUT2D eigenvalue weighted by Gasteiger charge is 2.18. The van der Waals surface area contributed by atoms with E-state index in [1.165, 1.54) is 6.20 Å². The van der Waals surface area contributed by atoms with Crippen molar-refractivity contribution in [3.8, 4) is 11.1 Å². The molecular formula is C22H21N3O3. The lowest BCUT2D eigenvalue weighted by Crippen LogP contribution is -2.27. The number of aldehydes is 1. The summed E-state index contributed by atoms with van der Waals surface area (Å²) in [4.78, 5) is 30.0.